The molecular weight excluding hydrogens is 332 g/mol. The molecule has 134 valence electrons. The molecule has 0 unspecified atom stereocenters. The van der Waals surface area contributed by atoms with Crippen molar-refractivity contribution in [2.45, 2.75) is 24.9 Å². The molecule has 2 aromatic rings. The van der Waals surface area contributed by atoms with Crippen molar-refractivity contribution in [3.05, 3.63) is 59.7 Å². The molecule has 2 heterocycles. The standard InChI is InChI=1S/C20H20N2O4/c23-19(21-15-9-11-25-17-7-3-1-5-13(15)17)20(24)22-16-10-12-26-18-8-4-2-6-14(16)18/h1-8,15-16H,9-12H2,(H,21,23)(H,22,24)/t15-,16-/m0/s1. The lowest BCUT2D eigenvalue weighted by atomic mass is 10.00. The molecule has 6 heteroatoms. The Hall–Kier alpha value is -3.02. The highest BCUT2D eigenvalue weighted by molar-refractivity contribution is 6.35. The van der Waals surface area contributed by atoms with Crippen LogP contribution in [0.5, 0.6) is 11.5 Å². The van der Waals surface area contributed by atoms with Crippen molar-refractivity contribution in [1.29, 1.82) is 0 Å². The number of benzene rings is 2. The first kappa shape index (κ1) is 16.4. The molecule has 26 heavy (non-hydrogen) atoms. The quantitative estimate of drug-likeness (QED) is 0.813. The first-order valence-corrected chi connectivity index (χ1v) is 8.77. The van der Waals surface area contributed by atoms with E-state index in [2.05, 4.69) is 10.6 Å². The van der Waals surface area contributed by atoms with E-state index >= 15 is 0 Å². The molecular formula is C20H20N2O4. The van der Waals surface area contributed by atoms with Gasteiger partial charge < -0.3 is 20.1 Å². The molecule has 0 aromatic heterocycles. The Kier molecular flexibility index (Phi) is 4.48. The summed E-state index contributed by atoms with van der Waals surface area (Å²) in [6, 6.07) is 14.7. The van der Waals surface area contributed by atoms with Crippen LogP contribution in [0.4, 0.5) is 0 Å². The molecule has 0 saturated heterocycles. The van der Waals surface area contributed by atoms with Gasteiger partial charge in [-0.1, -0.05) is 36.4 Å². The molecule has 0 fully saturated rings. The molecule has 2 amide bonds. The minimum Gasteiger partial charge on any atom is -0.493 e. The van der Waals surface area contributed by atoms with E-state index in [-0.39, 0.29) is 12.1 Å². The van der Waals surface area contributed by atoms with Gasteiger partial charge in [0, 0.05) is 24.0 Å². The van der Waals surface area contributed by atoms with Gasteiger partial charge in [-0.15, -0.1) is 0 Å². The fraction of sp³-hybridized carbons (Fsp3) is 0.300. The van der Waals surface area contributed by atoms with Crippen molar-refractivity contribution >= 4 is 11.8 Å². The molecule has 0 bridgehead atoms. The lowest BCUT2D eigenvalue weighted by Gasteiger charge is -2.28. The zero-order chi connectivity index (χ0) is 17.9. The summed E-state index contributed by atoms with van der Waals surface area (Å²) in [6.45, 7) is 1.02. The monoisotopic (exact) mass is 352 g/mol. The van der Waals surface area contributed by atoms with Gasteiger partial charge in [0.1, 0.15) is 11.5 Å². The summed E-state index contributed by atoms with van der Waals surface area (Å²) in [7, 11) is 0. The Morgan fingerprint density at radius 3 is 1.62 bits per heavy atom. The van der Waals surface area contributed by atoms with Crippen LogP contribution in [-0.2, 0) is 9.59 Å². The summed E-state index contributed by atoms with van der Waals surface area (Å²) >= 11 is 0. The maximum atomic E-state index is 12.4. The minimum atomic E-state index is -0.629. The Morgan fingerprint density at radius 2 is 1.15 bits per heavy atom. The van der Waals surface area contributed by atoms with Gasteiger partial charge in [-0.25, -0.2) is 0 Å². The number of fused-ring (bicyclic) bond motifs is 2. The normalized spacial score (nSPS) is 20.6. The van der Waals surface area contributed by atoms with Crippen molar-refractivity contribution in [1.82, 2.24) is 10.6 Å². The maximum absolute atomic E-state index is 12.4. The topological polar surface area (TPSA) is 76.7 Å². The number of para-hydroxylation sites is 2. The molecule has 2 aliphatic heterocycles. The van der Waals surface area contributed by atoms with E-state index in [9.17, 15) is 9.59 Å². The summed E-state index contributed by atoms with van der Waals surface area (Å²) in [5, 5.41) is 5.65. The molecule has 0 saturated carbocycles. The highest BCUT2D eigenvalue weighted by Crippen LogP contribution is 2.32. The predicted molar refractivity (Wildman–Crippen MR) is 94.9 cm³/mol. The third-order valence-electron chi connectivity index (χ3n) is 4.73. The van der Waals surface area contributed by atoms with E-state index in [4.69, 9.17) is 9.47 Å². The first-order chi connectivity index (χ1) is 12.7. The fourth-order valence-electron chi connectivity index (χ4n) is 3.43. The molecule has 2 aromatic carbocycles. The third kappa shape index (κ3) is 3.22. The number of carbonyl (C=O) groups is 2. The SMILES string of the molecule is O=C(N[C@H]1CCOc2ccccc21)C(=O)N[C@H]1CCOc2ccccc21. The van der Waals surface area contributed by atoms with Crippen molar-refractivity contribution in [3.8, 4) is 11.5 Å². The molecule has 0 spiro atoms. The number of carbonyl (C=O) groups excluding carboxylic acids is 2. The predicted octanol–water partition coefficient (Wildman–Crippen LogP) is 2.27. The average Bonchev–Trinajstić information content (AvgIpc) is 2.68. The summed E-state index contributed by atoms with van der Waals surface area (Å²) in [4.78, 5) is 24.8. The Balaban J connectivity index is 1.43. The van der Waals surface area contributed by atoms with Crippen molar-refractivity contribution in [2.75, 3.05) is 13.2 Å². The van der Waals surface area contributed by atoms with Crippen LogP contribution >= 0.6 is 0 Å². The number of hydrogen-bond donors (Lipinski definition) is 2. The largest absolute Gasteiger partial charge is 0.493 e. The Labute approximate surface area is 151 Å². The van der Waals surface area contributed by atoms with Crippen LogP contribution in [0.1, 0.15) is 36.1 Å². The number of ether oxygens (including phenoxy) is 2. The van der Waals surface area contributed by atoms with Crippen molar-refractivity contribution in [2.24, 2.45) is 0 Å². The average molecular weight is 352 g/mol. The third-order valence-corrected chi connectivity index (χ3v) is 4.73. The second kappa shape index (κ2) is 7.07. The van der Waals surface area contributed by atoms with Crippen molar-refractivity contribution < 1.29 is 19.1 Å². The van der Waals surface area contributed by atoms with Gasteiger partial charge in [0.05, 0.1) is 25.3 Å². The van der Waals surface area contributed by atoms with E-state index < -0.39 is 11.8 Å². The van der Waals surface area contributed by atoms with E-state index in [1.807, 2.05) is 48.5 Å². The second-order valence-corrected chi connectivity index (χ2v) is 6.40. The van der Waals surface area contributed by atoms with E-state index in [0.717, 1.165) is 22.6 Å². The maximum Gasteiger partial charge on any atom is 0.309 e. The van der Waals surface area contributed by atoms with Crippen LogP contribution in [0.3, 0.4) is 0 Å². The highest BCUT2D eigenvalue weighted by atomic mass is 16.5. The van der Waals surface area contributed by atoms with Gasteiger partial charge in [-0.05, 0) is 12.1 Å². The zero-order valence-electron chi connectivity index (χ0n) is 14.2. The highest BCUT2D eigenvalue weighted by Gasteiger charge is 2.28. The van der Waals surface area contributed by atoms with E-state index in [1.54, 1.807) is 0 Å². The number of hydrogen-bond acceptors (Lipinski definition) is 4. The van der Waals surface area contributed by atoms with Gasteiger partial charge in [-0.2, -0.15) is 0 Å². The Morgan fingerprint density at radius 1 is 0.731 bits per heavy atom. The molecule has 0 radical (unpaired) electrons. The fourth-order valence-corrected chi connectivity index (χ4v) is 3.43. The molecule has 2 atom stereocenters. The summed E-state index contributed by atoms with van der Waals surface area (Å²) in [5.41, 5.74) is 1.80. The first-order valence-electron chi connectivity index (χ1n) is 8.77. The van der Waals surface area contributed by atoms with Gasteiger partial charge in [0.15, 0.2) is 0 Å². The Bertz CT molecular complexity index is 767. The van der Waals surface area contributed by atoms with E-state index in [0.29, 0.717) is 26.1 Å². The van der Waals surface area contributed by atoms with Crippen molar-refractivity contribution in [3.63, 3.8) is 0 Å². The number of nitrogens with one attached hydrogen (secondary N) is 2. The van der Waals surface area contributed by atoms with Gasteiger partial charge >= 0.3 is 11.8 Å². The zero-order valence-corrected chi connectivity index (χ0v) is 14.2. The van der Waals surface area contributed by atoms with Crippen LogP contribution in [0, 0.1) is 0 Å². The molecule has 4 rings (SSSR count). The van der Waals surface area contributed by atoms with Gasteiger partial charge in [-0.3, -0.25) is 9.59 Å². The van der Waals surface area contributed by atoms with Crippen LogP contribution in [0.15, 0.2) is 48.5 Å². The van der Waals surface area contributed by atoms with Crippen LogP contribution < -0.4 is 20.1 Å². The molecule has 2 N–H and O–H groups in total. The molecule has 0 aliphatic carbocycles. The van der Waals surface area contributed by atoms with Crippen LogP contribution in [0.2, 0.25) is 0 Å². The smallest absolute Gasteiger partial charge is 0.309 e. The van der Waals surface area contributed by atoms with Gasteiger partial charge in [0.2, 0.25) is 0 Å². The lowest BCUT2D eigenvalue weighted by molar-refractivity contribution is -0.140. The lowest BCUT2D eigenvalue weighted by Crippen LogP contribution is -2.44. The number of amides is 2. The summed E-state index contributed by atoms with van der Waals surface area (Å²) < 4.78 is 11.2. The summed E-state index contributed by atoms with van der Waals surface area (Å²) in [5.74, 6) is 0.247. The summed E-state index contributed by atoms with van der Waals surface area (Å²) in [6.07, 6.45) is 1.27. The molecule has 6 nitrogen and oxygen atoms in total. The molecule has 2 aliphatic rings. The van der Waals surface area contributed by atoms with Crippen LogP contribution in [0.25, 0.3) is 0 Å². The second-order valence-electron chi connectivity index (χ2n) is 6.40. The minimum absolute atomic E-state index is 0.222. The van der Waals surface area contributed by atoms with Crippen LogP contribution in [-0.4, -0.2) is 25.0 Å². The van der Waals surface area contributed by atoms with E-state index in [1.165, 1.54) is 0 Å². The van der Waals surface area contributed by atoms with Gasteiger partial charge in [0.25, 0.3) is 0 Å². The number of rotatable bonds is 2.